The topological polar surface area (TPSA) is 52.7 Å². The summed E-state index contributed by atoms with van der Waals surface area (Å²) in [6.45, 7) is 6.37. The van der Waals surface area contributed by atoms with Crippen LogP contribution in [0.5, 0.6) is 0 Å². The van der Waals surface area contributed by atoms with Crippen LogP contribution in [0.25, 0.3) is 0 Å². The van der Waals surface area contributed by atoms with Gasteiger partial charge in [0, 0.05) is 13.1 Å². The summed E-state index contributed by atoms with van der Waals surface area (Å²) in [5.41, 5.74) is 0. The highest BCUT2D eigenvalue weighted by Gasteiger charge is 2.37. The summed E-state index contributed by atoms with van der Waals surface area (Å²) >= 11 is 0. The van der Waals surface area contributed by atoms with Gasteiger partial charge in [0.05, 0.1) is 0 Å². The molecule has 3 atom stereocenters. The number of carbonyl (C=O) groups is 2. The largest absolute Gasteiger partial charge is 0.343 e. The third kappa shape index (κ3) is 2.44. The molecule has 0 saturated carbocycles. The molecular weight excluding hydrogens is 218 g/mol. The molecule has 1 N–H and O–H groups in total. The molecule has 0 aromatic rings. The number of nitrogens with zero attached hydrogens (tertiary/aromatic N) is 2. The van der Waals surface area contributed by atoms with Crippen LogP contribution in [0.15, 0.2) is 0 Å². The predicted molar refractivity (Wildman–Crippen MR) is 64.4 cm³/mol. The third-order valence-corrected chi connectivity index (χ3v) is 3.80. The smallest absolute Gasteiger partial charge is 0.245 e. The Bertz CT molecular complexity index is 332. The second kappa shape index (κ2) is 4.64. The lowest BCUT2D eigenvalue weighted by Crippen LogP contribution is -2.62. The number of nitrogens with one attached hydrogen (secondary N) is 1. The number of carbonyl (C=O) groups excluding carboxylic acids is 2. The van der Waals surface area contributed by atoms with Crippen LogP contribution in [0.1, 0.15) is 20.3 Å². The highest BCUT2D eigenvalue weighted by Crippen LogP contribution is 2.19. The monoisotopic (exact) mass is 239 g/mol. The third-order valence-electron chi connectivity index (χ3n) is 3.80. The maximum absolute atomic E-state index is 12.0. The Morgan fingerprint density at radius 2 is 2.06 bits per heavy atom. The van der Waals surface area contributed by atoms with Crippen molar-refractivity contribution in [3.05, 3.63) is 0 Å². The summed E-state index contributed by atoms with van der Waals surface area (Å²) in [7, 11) is 2.09. The van der Waals surface area contributed by atoms with Gasteiger partial charge >= 0.3 is 0 Å². The minimum atomic E-state index is -0.377. The van der Waals surface area contributed by atoms with Crippen molar-refractivity contribution in [3.8, 4) is 0 Å². The van der Waals surface area contributed by atoms with Gasteiger partial charge in [0.2, 0.25) is 11.8 Å². The first kappa shape index (κ1) is 12.4. The van der Waals surface area contributed by atoms with Crippen LogP contribution in [0, 0.1) is 5.92 Å². The van der Waals surface area contributed by atoms with E-state index < -0.39 is 0 Å². The molecule has 0 aromatic heterocycles. The van der Waals surface area contributed by atoms with Crippen LogP contribution in [-0.2, 0) is 9.59 Å². The maximum Gasteiger partial charge on any atom is 0.245 e. The molecule has 2 aliphatic rings. The first-order chi connectivity index (χ1) is 7.99. The van der Waals surface area contributed by atoms with Gasteiger partial charge in [-0.2, -0.15) is 0 Å². The van der Waals surface area contributed by atoms with Gasteiger partial charge in [-0.15, -0.1) is 0 Å². The molecule has 0 radical (unpaired) electrons. The molecule has 2 heterocycles. The van der Waals surface area contributed by atoms with Crippen molar-refractivity contribution in [3.63, 3.8) is 0 Å². The fourth-order valence-corrected chi connectivity index (χ4v) is 2.68. The molecule has 2 rings (SSSR count). The molecule has 2 fully saturated rings. The van der Waals surface area contributed by atoms with Crippen LogP contribution in [0.2, 0.25) is 0 Å². The van der Waals surface area contributed by atoms with E-state index in [1.807, 2.05) is 0 Å². The summed E-state index contributed by atoms with van der Waals surface area (Å²) < 4.78 is 0. The highest BCUT2D eigenvalue weighted by atomic mass is 16.2. The number of hydrogen-bond acceptors (Lipinski definition) is 3. The van der Waals surface area contributed by atoms with Gasteiger partial charge in [-0.25, -0.2) is 0 Å². The summed E-state index contributed by atoms with van der Waals surface area (Å²) in [4.78, 5) is 27.7. The van der Waals surface area contributed by atoms with E-state index >= 15 is 0 Å². The molecule has 5 nitrogen and oxygen atoms in total. The quantitative estimate of drug-likeness (QED) is 0.718. The molecular formula is C12H21N3O2. The Morgan fingerprint density at radius 1 is 1.35 bits per heavy atom. The Morgan fingerprint density at radius 3 is 2.65 bits per heavy atom. The molecule has 96 valence electrons. The number of hydrogen-bond donors (Lipinski definition) is 1. The van der Waals surface area contributed by atoms with Gasteiger partial charge in [-0.1, -0.05) is 0 Å². The number of piperazine rings is 1. The number of amides is 2. The van der Waals surface area contributed by atoms with E-state index in [-0.39, 0.29) is 23.9 Å². The van der Waals surface area contributed by atoms with Crippen LogP contribution < -0.4 is 5.32 Å². The van der Waals surface area contributed by atoms with Crippen molar-refractivity contribution in [2.24, 2.45) is 5.92 Å². The molecule has 0 aliphatic carbocycles. The van der Waals surface area contributed by atoms with Crippen LogP contribution in [0.3, 0.4) is 0 Å². The lowest BCUT2D eigenvalue weighted by molar-refractivity contribution is -0.148. The zero-order valence-electron chi connectivity index (χ0n) is 10.8. The second-order valence-corrected chi connectivity index (χ2v) is 5.31. The van der Waals surface area contributed by atoms with Crippen LogP contribution in [0.4, 0.5) is 0 Å². The molecule has 5 heteroatoms. The van der Waals surface area contributed by atoms with Gasteiger partial charge in [-0.3, -0.25) is 9.59 Å². The zero-order chi connectivity index (χ0) is 12.6. The number of likely N-dealkylation sites (tertiary alicyclic amines) is 1. The van der Waals surface area contributed by atoms with E-state index in [2.05, 4.69) is 17.3 Å². The minimum Gasteiger partial charge on any atom is -0.343 e. The van der Waals surface area contributed by atoms with Crippen molar-refractivity contribution in [1.82, 2.24) is 15.1 Å². The average molecular weight is 239 g/mol. The van der Waals surface area contributed by atoms with Crippen molar-refractivity contribution < 1.29 is 9.59 Å². The molecule has 0 aromatic carbocycles. The highest BCUT2D eigenvalue weighted by molar-refractivity contribution is 5.96. The van der Waals surface area contributed by atoms with E-state index in [1.54, 1.807) is 18.7 Å². The van der Waals surface area contributed by atoms with Crippen molar-refractivity contribution in [2.75, 3.05) is 26.7 Å². The normalized spacial score (nSPS) is 35.2. The minimum absolute atomic E-state index is 0.0385. The first-order valence-corrected chi connectivity index (χ1v) is 6.28. The van der Waals surface area contributed by atoms with E-state index in [0.717, 1.165) is 19.5 Å². The Kier molecular flexibility index (Phi) is 3.38. The predicted octanol–water partition coefficient (Wildman–Crippen LogP) is -0.326. The van der Waals surface area contributed by atoms with E-state index in [4.69, 9.17) is 0 Å². The van der Waals surface area contributed by atoms with E-state index in [9.17, 15) is 9.59 Å². The molecule has 2 aliphatic heterocycles. The SMILES string of the molecule is CC1NC(=O)C(C)N(CC2CCN(C)C2)C1=O. The van der Waals surface area contributed by atoms with Gasteiger partial charge in [0.25, 0.3) is 0 Å². The summed E-state index contributed by atoms with van der Waals surface area (Å²) in [6, 6.07) is -0.706. The second-order valence-electron chi connectivity index (χ2n) is 5.31. The fraction of sp³-hybridized carbons (Fsp3) is 0.833. The molecule has 2 saturated heterocycles. The Balaban J connectivity index is 2.02. The summed E-state index contributed by atoms with van der Waals surface area (Å²) in [6.07, 6.45) is 1.11. The number of rotatable bonds is 2. The van der Waals surface area contributed by atoms with Crippen LogP contribution in [-0.4, -0.2) is 60.4 Å². The van der Waals surface area contributed by atoms with E-state index in [0.29, 0.717) is 12.5 Å². The molecule has 2 amide bonds. The van der Waals surface area contributed by atoms with E-state index in [1.165, 1.54) is 0 Å². The van der Waals surface area contributed by atoms with Crippen LogP contribution >= 0.6 is 0 Å². The van der Waals surface area contributed by atoms with Crippen molar-refractivity contribution >= 4 is 11.8 Å². The standard InChI is InChI=1S/C12H21N3O2/c1-8-12(17)15(9(2)11(16)13-8)7-10-4-5-14(3)6-10/h8-10H,4-7H2,1-3H3,(H,13,16). The Hall–Kier alpha value is -1.10. The fourth-order valence-electron chi connectivity index (χ4n) is 2.68. The molecule has 0 bridgehead atoms. The van der Waals surface area contributed by atoms with Gasteiger partial charge in [0.1, 0.15) is 12.1 Å². The first-order valence-electron chi connectivity index (χ1n) is 6.28. The maximum atomic E-state index is 12.0. The summed E-state index contributed by atoms with van der Waals surface area (Å²) in [5.74, 6) is 0.514. The lowest BCUT2D eigenvalue weighted by Gasteiger charge is -2.37. The lowest BCUT2D eigenvalue weighted by atomic mass is 10.0. The Labute approximate surface area is 102 Å². The van der Waals surface area contributed by atoms with Crippen molar-refractivity contribution in [1.29, 1.82) is 0 Å². The van der Waals surface area contributed by atoms with Gasteiger partial charge < -0.3 is 15.1 Å². The zero-order valence-corrected chi connectivity index (χ0v) is 10.8. The molecule has 3 unspecified atom stereocenters. The molecule has 0 spiro atoms. The van der Waals surface area contributed by atoms with Gasteiger partial charge in [-0.05, 0) is 39.8 Å². The van der Waals surface area contributed by atoms with Crippen molar-refractivity contribution in [2.45, 2.75) is 32.4 Å². The summed E-state index contributed by atoms with van der Waals surface area (Å²) in [5, 5.41) is 2.70. The molecule has 17 heavy (non-hydrogen) atoms. The van der Waals surface area contributed by atoms with Gasteiger partial charge in [0.15, 0.2) is 0 Å². The average Bonchev–Trinajstić information content (AvgIpc) is 2.68.